The molecule has 5 nitrogen and oxygen atoms in total. The normalized spacial score (nSPS) is 12.6. The number of nitrogen functional groups attached to an aromatic ring is 1. The van der Waals surface area contributed by atoms with E-state index in [1.54, 1.807) is 6.07 Å². The molecule has 0 aliphatic carbocycles. The Hall–Kier alpha value is -1.40. The summed E-state index contributed by atoms with van der Waals surface area (Å²) in [7, 11) is 0. The first-order valence-electron chi connectivity index (χ1n) is 6.16. The molecule has 1 aromatic heterocycles. The van der Waals surface area contributed by atoms with Crippen molar-refractivity contribution >= 4 is 21.6 Å². The average Bonchev–Trinajstić information content (AvgIpc) is 2.88. The van der Waals surface area contributed by atoms with E-state index in [9.17, 15) is 0 Å². The first-order valence-corrected chi connectivity index (χ1v) is 6.95. The van der Waals surface area contributed by atoms with Crippen molar-refractivity contribution < 1.29 is 9.26 Å². The Balaban J connectivity index is 2.32. The molecule has 0 aliphatic rings. The highest BCUT2D eigenvalue weighted by Crippen LogP contribution is 2.29. The van der Waals surface area contributed by atoms with Gasteiger partial charge in [0.1, 0.15) is 6.10 Å². The topological polar surface area (TPSA) is 74.2 Å². The van der Waals surface area contributed by atoms with E-state index in [-0.39, 0.29) is 6.10 Å². The first kappa shape index (κ1) is 14.0. The molecule has 1 atom stereocenters. The van der Waals surface area contributed by atoms with Crippen molar-refractivity contribution in [2.45, 2.75) is 26.4 Å². The lowest BCUT2D eigenvalue weighted by molar-refractivity contribution is 0.0518. The van der Waals surface area contributed by atoms with Crippen LogP contribution in [0.4, 0.5) is 5.69 Å². The Kier molecular flexibility index (Phi) is 4.55. The van der Waals surface area contributed by atoms with Gasteiger partial charge in [-0.3, -0.25) is 0 Å². The highest BCUT2D eigenvalue weighted by atomic mass is 79.9. The van der Waals surface area contributed by atoms with Crippen LogP contribution in [-0.2, 0) is 4.74 Å². The lowest BCUT2D eigenvalue weighted by atomic mass is 10.2. The van der Waals surface area contributed by atoms with Gasteiger partial charge >= 0.3 is 0 Å². The molecule has 1 heterocycles. The molecule has 1 aromatic carbocycles. The fourth-order valence-electron chi connectivity index (χ4n) is 1.76. The van der Waals surface area contributed by atoms with Gasteiger partial charge in [0, 0.05) is 16.8 Å². The van der Waals surface area contributed by atoms with Crippen LogP contribution in [-0.4, -0.2) is 16.7 Å². The Bertz CT molecular complexity index is 557. The highest BCUT2D eigenvalue weighted by molar-refractivity contribution is 9.10. The van der Waals surface area contributed by atoms with Gasteiger partial charge in [-0.15, -0.1) is 0 Å². The minimum Gasteiger partial charge on any atom is -0.398 e. The smallest absolute Gasteiger partial charge is 0.260 e. The largest absolute Gasteiger partial charge is 0.398 e. The van der Waals surface area contributed by atoms with E-state index in [4.69, 9.17) is 15.0 Å². The van der Waals surface area contributed by atoms with Crippen molar-refractivity contribution in [2.24, 2.45) is 0 Å². The van der Waals surface area contributed by atoms with Gasteiger partial charge in [-0.25, -0.2) is 0 Å². The number of nitrogens with two attached hydrogens (primary N) is 1. The zero-order chi connectivity index (χ0) is 13.8. The van der Waals surface area contributed by atoms with Crippen LogP contribution in [0.1, 0.15) is 32.2 Å². The SMILES string of the molecule is CCOC(CC)c1noc(-c2cc(Br)ccc2N)n1. The quantitative estimate of drug-likeness (QED) is 0.850. The molecule has 2 aromatic rings. The van der Waals surface area contributed by atoms with Crippen molar-refractivity contribution in [2.75, 3.05) is 12.3 Å². The predicted octanol–water partition coefficient (Wildman–Crippen LogP) is 3.57. The molecular weight excluding hydrogens is 310 g/mol. The van der Waals surface area contributed by atoms with Crippen molar-refractivity contribution in [3.05, 3.63) is 28.5 Å². The van der Waals surface area contributed by atoms with E-state index in [1.165, 1.54) is 0 Å². The third-order valence-electron chi connectivity index (χ3n) is 2.71. The summed E-state index contributed by atoms with van der Waals surface area (Å²) in [6.07, 6.45) is 0.650. The fourth-order valence-corrected chi connectivity index (χ4v) is 2.13. The van der Waals surface area contributed by atoms with Crippen LogP contribution in [0.15, 0.2) is 27.2 Å². The summed E-state index contributed by atoms with van der Waals surface area (Å²) in [6, 6.07) is 5.52. The number of ether oxygens (including phenoxy) is 1. The predicted molar refractivity (Wildman–Crippen MR) is 76.5 cm³/mol. The van der Waals surface area contributed by atoms with Gasteiger partial charge in [-0.1, -0.05) is 28.0 Å². The second kappa shape index (κ2) is 6.16. The molecule has 0 saturated heterocycles. The summed E-state index contributed by atoms with van der Waals surface area (Å²) in [5.41, 5.74) is 7.24. The van der Waals surface area contributed by atoms with Crippen LogP contribution in [0.3, 0.4) is 0 Å². The fraction of sp³-hybridized carbons (Fsp3) is 0.385. The lowest BCUT2D eigenvalue weighted by Gasteiger charge is -2.09. The molecule has 0 bridgehead atoms. The summed E-state index contributed by atoms with van der Waals surface area (Å²) in [4.78, 5) is 4.37. The monoisotopic (exact) mass is 325 g/mol. The average molecular weight is 326 g/mol. The van der Waals surface area contributed by atoms with Gasteiger partial charge in [-0.05, 0) is 31.5 Å². The number of hydrogen-bond acceptors (Lipinski definition) is 5. The summed E-state index contributed by atoms with van der Waals surface area (Å²) < 4.78 is 11.7. The van der Waals surface area contributed by atoms with Crippen LogP contribution in [0.2, 0.25) is 0 Å². The summed E-state index contributed by atoms with van der Waals surface area (Å²) in [6.45, 7) is 4.57. The molecule has 0 radical (unpaired) electrons. The molecule has 2 N–H and O–H groups in total. The van der Waals surface area contributed by atoms with E-state index in [2.05, 4.69) is 26.1 Å². The Morgan fingerprint density at radius 2 is 2.21 bits per heavy atom. The van der Waals surface area contributed by atoms with Crippen LogP contribution in [0.25, 0.3) is 11.5 Å². The standard InChI is InChI=1S/C13H16BrN3O2/c1-3-11(18-4-2)12-16-13(19-17-12)9-7-8(14)5-6-10(9)15/h5-7,11H,3-4,15H2,1-2H3. The third kappa shape index (κ3) is 3.13. The van der Waals surface area contributed by atoms with E-state index in [0.29, 0.717) is 24.0 Å². The van der Waals surface area contributed by atoms with Crippen LogP contribution < -0.4 is 5.73 Å². The molecule has 0 amide bonds. The first-order chi connectivity index (χ1) is 9.15. The van der Waals surface area contributed by atoms with Crippen molar-refractivity contribution in [3.8, 4) is 11.5 Å². The van der Waals surface area contributed by atoms with E-state index in [0.717, 1.165) is 16.5 Å². The number of anilines is 1. The van der Waals surface area contributed by atoms with Gasteiger partial charge in [-0.2, -0.15) is 4.98 Å². The van der Waals surface area contributed by atoms with Gasteiger partial charge in [0.05, 0.1) is 5.56 Å². The van der Waals surface area contributed by atoms with Gasteiger partial charge in [0.15, 0.2) is 0 Å². The van der Waals surface area contributed by atoms with Crippen LogP contribution >= 0.6 is 15.9 Å². The van der Waals surface area contributed by atoms with Crippen LogP contribution in [0, 0.1) is 0 Å². The molecular formula is C13H16BrN3O2. The van der Waals surface area contributed by atoms with Crippen molar-refractivity contribution in [3.63, 3.8) is 0 Å². The number of halogens is 1. The molecule has 6 heteroatoms. The second-order valence-corrected chi connectivity index (χ2v) is 4.96. The maximum atomic E-state index is 5.92. The van der Waals surface area contributed by atoms with E-state index >= 15 is 0 Å². The number of benzene rings is 1. The van der Waals surface area contributed by atoms with Gasteiger partial charge in [0.2, 0.25) is 5.82 Å². The molecule has 102 valence electrons. The molecule has 1 unspecified atom stereocenters. The maximum absolute atomic E-state index is 5.92. The minimum absolute atomic E-state index is 0.143. The van der Waals surface area contributed by atoms with Gasteiger partial charge < -0.3 is 15.0 Å². The van der Waals surface area contributed by atoms with Crippen molar-refractivity contribution in [1.29, 1.82) is 0 Å². The Morgan fingerprint density at radius 3 is 2.89 bits per heavy atom. The number of hydrogen-bond donors (Lipinski definition) is 1. The second-order valence-electron chi connectivity index (χ2n) is 4.04. The number of rotatable bonds is 5. The molecule has 0 saturated carbocycles. The minimum atomic E-state index is -0.143. The maximum Gasteiger partial charge on any atom is 0.260 e. The summed E-state index contributed by atoms with van der Waals surface area (Å²) in [5, 5.41) is 3.97. The molecule has 2 rings (SSSR count). The number of aromatic nitrogens is 2. The number of nitrogens with zero attached hydrogens (tertiary/aromatic N) is 2. The molecule has 0 aliphatic heterocycles. The van der Waals surface area contributed by atoms with E-state index < -0.39 is 0 Å². The highest BCUT2D eigenvalue weighted by Gasteiger charge is 2.18. The van der Waals surface area contributed by atoms with Crippen molar-refractivity contribution in [1.82, 2.24) is 10.1 Å². The Labute approximate surface area is 120 Å². The molecule has 19 heavy (non-hydrogen) atoms. The molecule has 0 spiro atoms. The zero-order valence-corrected chi connectivity index (χ0v) is 12.5. The summed E-state index contributed by atoms with van der Waals surface area (Å²) >= 11 is 3.40. The Morgan fingerprint density at radius 1 is 1.42 bits per heavy atom. The lowest BCUT2D eigenvalue weighted by Crippen LogP contribution is -2.04. The molecule has 0 fully saturated rings. The van der Waals surface area contributed by atoms with Crippen LogP contribution in [0.5, 0.6) is 0 Å². The summed E-state index contributed by atoms with van der Waals surface area (Å²) in [5.74, 6) is 0.964. The third-order valence-corrected chi connectivity index (χ3v) is 3.21. The zero-order valence-electron chi connectivity index (χ0n) is 10.9. The van der Waals surface area contributed by atoms with E-state index in [1.807, 2.05) is 26.0 Å². The van der Waals surface area contributed by atoms with Gasteiger partial charge in [0.25, 0.3) is 5.89 Å².